The number of nitrogens with one attached hydrogen (secondary N) is 1. The number of aryl methyl sites for hydroxylation is 2. The van der Waals surface area contributed by atoms with Crippen LogP contribution in [0.5, 0.6) is 0 Å². The first-order valence-electron chi connectivity index (χ1n) is 5.61. The second-order valence-corrected chi connectivity index (χ2v) is 3.94. The Balaban J connectivity index is 2.37. The van der Waals surface area contributed by atoms with Gasteiger partial charge in [-0.2, -0.15) is 4.98 Å². The molecule has 2 aromatic heterocycles. The van der Waals surface area contributed by atoms with Gasteiger partial charge in [0, 0.05) is 17.9 Å². The van der Waals surface area contributed by atoms with Gasteiger partial charge < -0.3 is 5.32 Å². The van der Waals surface area contributed by atoms with Crippen molar-refractivity contribution in [2.24, 2.45) is 0 Å². The third-order valence-electron chi connectivity index (χ3n) is 2.36. The highest BCUT2D eigenvalue weighted by Crippen LogP contribution is 2.05. The van der Waals surface area contributed by atoms with Crippen molar-refractivity contribution in [3.8, 4) is 0 Å². The van der Waals surface area contributed by atoms with E-state index < -0.39 is 0 Å². The van der Waals surface area contributed by atoms with E-state index in [9.17, 15) is 4.79 Å². The van der Waals surface area contributed by atoms with E-state index in [-0.39, 0.29) is 11.7 Å². The molecule has 0 aliphatic rings. The summed E-state index contributed by atoms with van der Waals surface area (Å²) in [6.45, 7) is 6.41. The zero-order valence-electron chi connectivity index (χ0n) is 10.2. The van der Waals surface area contributed by atoms with E-state index in [4.69, 9.17) is 0 Å². The molecule has 0 aromatic carbocycles. The summed E-state index contributed by atoms with van der Waals surface area (Å²) in [4.78, 5) is 20.0. The molecule has 0 aliphatic heterocycles. The highest BCUT2D eigenvalue weighted by atomic mass is 16.2. The Kier molecular flexibility index (Phi) is 3.03. The monoisotopic (exact) mass is 233 g/mol. The fourth-order valence-corrected chi connectivity index (χ4v) is 1.58. The molecule has 0 unspecified atom stereocenters. The van der Waals surface area contributed by atoms with Crippen molar-refractivity contribution in [2.75, 3.05) is 6.54 Å². The number of hydrogen-bond acceptors (Lipinski definition) is 4. The zero-order valence-corrected chi connectivity index (χ0v) is 10.2. The maximum absolute atomic E-state index is 11.7. The Morgan fingerprint density at radius 1 is 1.41 bits per heavy atom. The van der Waals surface area contributed by atoms with Crippen LogP contribution in [-0.4, -0.2) is 32.0 Å². The SMILES string of the molecule is CCCNC(=O)c1nc2nc(C)cc(C)n2n1. The van der Waals surface area contributed by atoms with Gasteiger partial charge in [0.05, 0.1) is 0 Å². The van der Waals surface area contributed by atoms with Crippen molar-refractivity contribution in [1.82, 2.24) is 24.9 Å². The van der Waals surface area contributed by atoms with Crippen LogP contribution in [0.1, 0.15) is 35.4 Å². The Morgan fingerprint density at radius 3 is 2.88 bits per heavy atom. The lowest BCUT2D eigenvalue weighted by Crippen LogP contribution is -2.25. The Bertz CT molecular complexity index is 560. The second kappa shape index (κ2) is 4.48. The fraction of sp³-hybridized carbons (Fsp3) is 0.455. The number of hydrogen-bond donors (Lipinski definition) is 1. The molecule has 2 rings (SSSR count). The number of rotatable bonds is 3. The van der Waals surface area contributed by atoms with Crippen LogP contribution in [0.3, 0.4) is 0 Å². The highest BCUT2D eigenvalue weighted by molar-refractivity contribution is 5.90. The van der Waals surface area contributed by atoms with Crippen molar-refractivity contribution in [2.45, 2.75) is 27.2 Å². The van der Waals surface area contributed by atoms with Gasteiger partial charge in [0.15, 0.2) is 0 Å². The lowest BCUT2D eigenvalue weighted by molar-refractivity contribution is 0.0943. The Hall–Kier alpha value is -1.98. The predicted molar refractivity (Wildman–Crippen MR) is 62.9 cm³/mol. The molecule has 90 valence electrons. The summed E-state index contributed by atoms with van der Waals surface area (Å²) in [5, 5.41) is 6.88. The van der Waals surface area contributed by atoms with Crippen LogP contribution in [0.2, 0.25) is 0 Å². The molecule has 6 heteroatoms. The summed E-state index contributed by atoms with van der Waals surface area (Å²) in [7, 11) is 0. The van der Waals surface area contributed by atoms with Crippen molar-refractivity contribution >= 4 is 11.7 Å². The van der Waals surface area contributed by atoms with Crippen LogP contribution >= 0.6 is 0 Å². The van der Waals surface area contributed by atoms with E-state index in [0.717, 1.165) is 17.8 Å². The molecular formula is C11H15N5O. The average molecular weight is 233 g/mol. The molecule has 0 bridgehead atoms. The first-order valence-corrected chi connectivity index (χ1v) is 5.61. The first kappa shape index (κ1) is 11.5. The molecule has 0 saturated heterocycles. The lowest BCUT2D eigenvalue weighted by Gasteiger charge is -1.98. The van der Waals surface area contributed by atoms with E-state index in [2.05, 4.69) is 20.4 Å². The average Bonchev–Trinajstić information content (AvgIpc) is 2.69. The van der Waals surface area contributed by atoms with Crippen LogP contribution in [0, 0.1) is 13.8 Å². The van der Waals surface area contributed by atoms with Crippen molar-refractivity contribution in [3.63, 3.8) is 0 Å². The molecule has 0 radical (unpaired) electrons. The summed E-state index contributed by atoms with van der Waals surface area (Å²) in [6.07, 6.45) is 0.884. The van der Waals surface area contributed by atoms with Gasteiger partial charge in [-0.15, -0.1) is 5.10 Å². The molecular weight excluding hydrogens is 218 g/mol. The lowest BCUT2D eigenvalue weighted by atomic mass is 10.4. The number of fused-ring (bicyclic) bond motifs is 1. The molecule has 0 spiro atoms. The number of carbonyl (C=O) groups excluding carboxylic acids is 1. The van der Waals surface area contributed by atoms with Crippen LogP contribution < -0.4 is 5.32 Å². The predicted octanol–water partition coefficient (Wildman–Crippen LogP) is 0.881. The molecule has 0 atom stereocenters. The molecule has 2 aromatic rings. The number of carbonyl (C=O) groups is 1. The summed E-state index contributed by atoms with van der Waals surface area (Å²) in [6, 6.07) is 1.90. The van der Waals surface area contributed by atoms with Crippen LogP contribution in [0.15, 0.2) is 6.07 Å². The first-order chi connectivity index (χ1) is 8.11. The quantitative estimate of drug-likeness (QED) is 0.854. The Morgan fingerprint density at radius 2 is 2.18 bits per heavy atom. The molecule has 1 amide bonds. The number of aromatic nitrogens is 4. The van der Waals surface area contributed by atoms with Gasteiger partial charge in [0.1, 0.15) is 0 Å². The van der Waals surface area contributed by atoms with Gasteiger partial charge in [-0.05, 0) is 26.3 Å². The van der Waals surface area contributed by atoms with E-state index in [0.29, 0.717) is 12.3 Å². The summed E-state index contributed by atoms with van der Waals surface area (Å²) >= 11 is 0. The van der Waals surface area contributed by atoms with Crippen LogP contribution in [-0.2, 0) is 0 Å². The van der Waals surface area contributed by atoms with E-state index >= 15 is 0 Å². The Labute approximate surface area is 99.1 Å². The molecule has 2 heterocycles. The standard InChI is InChI=1S/C11H15N5O/c1-4-5-12-10(17)9-14-11-13-7(2)6-8(3)16(11)15-9/h6H,4-5H2,1-3H3,(H,12,17). The minimum Gasteiger partial charge on any atom is -0.349 e. The van der Waals surface area contributed by atoms with Crippen LogP contribution in [0.4, 0.5) is 0 Å². The topological polar surface area (TPSA) is 72.2 Å². The van der Waals surface area contributed by atoms with Gasteiger partial charge in [-0.25, -0.2) is 9.50 Å². The molecule has 1 N–H and O–H groups in total. The second-order valence-electron chi connectivity index (χ2n) is 3.94. The van der Waals surface area contributed by atoms with Gasteiger partial charge in [0.2, 0.25) is 5.82 Å². The highest BCUT2D eigenvalue weighted by Gasteiger charge is 2.13. The maximum atomic E-state index is 11.7. The minimum absolute atomic E-state index is 0.166. The largest absolute Gasteiger partial charge is 0.349 e. The molecule has 17 heavy (non-hydrogen) atoms. The molecule has 0 aliphatic carbocycles. The molecule has 6 nitrogen and oxygen atoms in total. The summed E-state index contributed by atoms with van der Waals surface area (Å²) < 4.78 is 1.58. The van der Waals surface area contributed by atoms with Crippen molar-refractivity contribution < 1.29 is 4.79 Å². The third kappa shape index (κ3) is 2.25. The van der Waals surface area contributed by atoms with Gasteiger partial charge in [-0.1, -0.05) is 6.92 Å². The van der Waals surface area contributed by atoms with Crippen LogP contribution in [0.25, 0.3) is 5.78 Å². The maximum Gasteiger partial charge on any atom is 0.291 e. The van der Waals surface area contributed by atoms with E-state index in [1.54, 1.807) is 4.52 Å². The van der Waals surface area contributed by atoms with Gasteiger partial charge in [0.25, 0.3) is 11.7 Å². The molecule has 0 fully saturated rings. The number of nitrogens with zero attached hydrogens (tertiary/aromatic N) is 4. The smallest absolute Gasteiger partial charge is 0.291 e. The van der Waals surface area contributed by atoms with Gasteiger partial charge in [-0.3, -0.25) is 4.79 Å². The summed E-state index contributed by atoms with van der Waals surface area (Å²) in [5.41, 5.74) is 1.78. The van der Waals surface area contributed by atoms with Crippen molar-refractivity contribution in [1.29, 1.82) is 0 Å². The fourth-order valence-electron chi connectivity index (χ4n) is 1.58. The zero-order chi connectivity index (χ0) is 12.4. The van der Waals surface area contributed by atoms with Crippen molar-refractivity contribution in [3.05, 3.63) is 23.3 Å². The number of amides is 1. The van der Waals surface area contributed by atoms with E-state index in [1.165, 1.54) is 0 Å². The normalized spacial score (nSPS) is 10.8. The third-order valence-corrected chi connectivity index (χ3v) is 2.36. The molecule has 0 saturated carbocycles. The van der Waals surface area contributed by atoms with Gasteiger partial charge >= 0.3 is 0 Å². The summed E-state index contributed by atoms with van der Waals surface area (Å²) in [5.74, 6) is 0.373. The minimum atomic E-state index is -0.255. The van der Waals surface area contributed by atoms with E-state index in [1.807, 2.05) is 26.8 Å².